The molecule has 28 heavy (non-hydrogen) atoms. The molecule has 13 nitrogen and oxygen atoms in total. The highest BCUT2D eigenvalue weighted by atomic mass is 16.7. The molecule has 0 aromatic carbocycles. The van der Waals surface area contributed by atoms with Crippen LogP contribution in [0.4, 0.5) is 0 Å². The number of carbonyl (C=O) groups excluding carboxylic acids is 1. The Morgan fingerprint density at radius 1 is 0.893 bits per heavy atom. The summed E-state index contributed by atoms with van der Waals surface area (Å²) in [4.78, 5) is 9.47. The average molecular weight is 413 g/mol. The highest BCUT2D eigenvalue weighted by Gasteiger charge is 2.50. The van der Waals surface area contributed by atoms with E-state index in [2.05, 4.69) is 12.3 Å². The minimum absolute atomic E-state index is 0.481. The number of aliphatic hydroxyl groups is 8. The number of hydrogen-bond donors (Lipinski definition) is 9. The molecule has 0 spiro atoms. The van der Waals surface area contributed by atoms with Gasteiger partial charge in [-0.2, -0.15) is 0 Å². The predicted molar refractivity (Wildman–Crippen MR) is 88.0 cm³/mol. The molecule has 10 atom stereocenters. The van der Waals surface area contributed by atoms with E-state index < -0.39 is 80.5 Å². The molecule has 2 aliphatic rings. The van der Waals surface area contributed by atoms with Crippen LogP contribution in [0.1, 0.15) is 0 Å². The van der Waals surface area contributed by atoms with Gasteiger partial charge in [-0.15, -0.1) is 0 Å². The van der Waals surface area contributed by atoms with Gasteiger partial charge < -0.3 is 60.8 Å². The maximum atomic E-state index is 9.94. The number of ether oxygens (including phenoxy) is 3. The van der Waals surface area contributed by atoms with E-state index in [0.29, 0.717) is 0 Å². The third kappa shape index (κ3) is 5.88. The van der Waals surface area contributed by atoms with Gasteiger partial charge in [0.1, 0.15) is 48.8 Å². The second kappa shape index (κ2) is 11.1. The number of amides is 1. The van der Waals surface area contributed by atoms with E-state index in [1.165, 1.54) is 0 Å². The summed E-state index contributed by atoms with van der Waals surface area (Å²) in [7, 11) is 0. The van der Waals surface area contributed by atoms with Crippen LogP contribution in [0.2, 0.25) is 0 Å². The van der Waals surface area contributed by atoms with E-state index in [-0.39, 0.29) is 0 Å². The van der Waals surface area contributed by atoms with Crippen molar-refractivity contribution in [3.05, 3.63) is 12.7 Å². The summed E-state index contributed by atoms with van der Waals surface area (Å²) < 4.78 is 15.3. The molecule has 164 valence electrons. The molecular weight excluding hydrogens is 386 g/mol. The van der Waals surface area contributed by atoms with E-state index in [4.69, 9.17) is 19.3 Å². The number of rotatable bonds is 5. The van der Waals surface area contributed by atoms with Gasteiger partial charge in [-0.25, -0.2) is 0 Å². The molecule has 2 rings (SSSR count). The van der Waals surface area contributed by atoms with Gasteiger partial charge in [-0.05, 0) is 6.08 Å². The minimum Gasteiger partial charge on any atom is -0.394 e. The lowest BCUT2D eigenvalue weighted by Crippen LogP contribution is -2.64. The second-order valence-electron chi connectivity index (χ2n) is 6.13. The first-order valence-corrected chi connectivity index (χ1v) is 8.27. The standard InChI is InChI=1S/C12H22O11.C3H5NO/c13-1-3-5(15)6(16)9(19)12(22-3)23-10-4(2-14)21-11(20)8(18)7(10)17;1-2-3(4)5/h3-20H,1-2H2;2H,1H2,(H2,4,5). The van der Waals surface area contributed by atoms with Crippen LogP contribution in [0, 0.1) is 0 Å². The van der Waals surface area contributed by atoms with E-state index in [9.17, 15) is 40.5 Å². The van der Waals surface area contributed by atoms with Crippen LogP contribution in [-0.4, -0.2) is 121 Å². The third-order valence-electron chi connectivity index (χ3n) is 4.18. The lowest BCUT2D eigenvalue weighted by atomic mass is 9.97. The Labute approximate surface area is 159 Å². The van der Waals surface area contributed by atoms with E-state index >= 15 is 0 Å². The second-order valence-corrected chi connectivity index (χ2v) is 6.13. The molecule has 0 aromatic rings. The van der Waals surface area contributed by atoms with Gasteiger partial charge in [-0.3, -0.25) is 4.79 Å². The van der Waals surface area contributed by atoms with Gasteiger partial charge in [0.15, 0.2) is 12.6 Å². The monoisotopic (exact) mass is 413 g/mol. The molecule has 2 fully saturated rings. The lowest BCUT2D eigenvalue weighted by Gasteiger charge is -2.45. The maximum absolute atomic E-state index is 9.94. The Balaban J connectivity index is 0.000000696. The molecule has 2 aliphatic heterocycles. The highest BCUT2D eigenvalue weighted by molar-refractivity contribution is 5.84. The average Bonchev–Trinajstić information content (AvgIpc) is 2.68. The molecule has 1 amide bonds. The van der Waals surface area contributed by atoms with Gasteiger partial charge in [0.25, 0.3) is 0 Å². The Morgan fingerprint density at radius 2 is 1.43 bits per heavy atom. The number of carbonyl (C=O) groups is 1. The van der Waals surface area contributed by atoms with Gasteiger partial charge in [0, 0.05) is 0 Å². The molecule has 0 saturated carbocycles. The first-order chi connectivity index (χ1) is 13.1. The van der Waals surface area contributed by atoms with Crippen molar-refractivity contribution < 1.29 is 59.9 Å². The molecule has 0 radical (unpaired) electrons. The fourth-order valence-electron chi connectivity index (χ4n) is 2.57. The van der Waals surface area contributed by atoms with Crippen molar-refractivity contribution >= 4 is 5.91 Å². The van der Waals surface area contributed by atoms with Crippen LogP contribution in [-0.2, 0) is 19.0 Å². The van der Waals surface area contributed by atoms with Gasteiger partial charge >= 0.3 is 0 Å². The van der Waals surface area contributed by atoms with Crippen LogP contribution in [0.15, 0.2) is 12.7 Å². The van der Waals surface area contributed by atoms with Gasteiger partial charge in [0.05, 0.1) is 13.2 Å². The molecule has 13 heteroatoms. The van der Waals surface area contributed by atoms with Gasteiger partial charge in [-0.1, -0.05) is 6.58 Å². The number of nitrogens with two attached hydrogens (primary N) is 1. The maximum Gasteiger partial charge on any atom is 0.240 e. The zero-order valence-electron chi connectivity index (χ0n) is 14.8. The largest absolute Gasteiger partial charge is 0.394 e. The summed E-state index contributed by atoms with van der Waals surface area (Å²) in [6, 6.07) is 0. The first kappa shape index (κ1) is 24.8. The van der Waals surface area contributed by atoms with Gasteiger partial charge in [0.2, 0.25) is 5.91 Å². The number of hydrogen-bond acceptors (Lipinski definition) is 12. The molecular formula is C15H27NO12. The molecule has 0 aromatic heterocycles. The summed E-state index contributed by atoms with van der Waals surface area (Å²) >= 11 is 0. The quantitative estimate of drug-likeness (QED) is 0.192. The SMILES string of the molecule is C=CC(N)=O.OCC1OC(OC2C(CO)OC(O)C(O)C2O)C(O)C(O)C1O. The molecule has 10 unspecified atom stereocenters. The Hall–Kier alpha value is -1.23. The van der Waals surface area contributed by atoms with Crippen LogP contribution in [0.3, 0.4) is 0 Å². The molecule has 2 saturated heterocycles. The zero-order chi connectivity index (χ0) is 21.6. The van der Waals surface area contributed by atoms with Crippen molar-refractivity contribution in [2.75, 3.05) is 13.2 Å². The smallest absolute Gasteiger partial charge is 0.240 e. The number of aliphatic hydroxyl groups excluding tert-OH is 8. The summed E-state index contributed by atoms with van der Waals surface area (Å²) in [6.07, 6.45) is -14.5. The van der Waals surface area contributed by atoms with E-state index in [1.54, 1.807) is 0 Å². The Morgan fingerprint density at radius 3 is 1.89 bits per heavy atom. The zero-order valence-corrected chi connectivity index (χ0v) is 14.8. The van der Waals surface area contributed by atoms with E-state index in [0.717, 1.165) is 6.08 Å². The van der Waals surface area contributed by atoms with E-state index in [1.807, 2.05) is 0 Å². The highest BCUT2D eigenvalue weighted by Crippen LogP contribution is 2.28. The van der Waals surface area contributed by atoms with Crippen LogP contribution in [0.25, 0.3) is 0 Å². The fraction of sp³-hybridized carbons (Fsp3) is 0.800. The lowest BCUT2D eigenvalue weighted by molar-refractivity contribution is -0.355. The predicted octanol–water partition coefficient (Wildman–Crippen LogP) is -5.74. The molecule has 0 bridgehead atoms. The fourth-order valence-corrected chi connectivity index (χ4v) is 2.57. The number of primary amides is 1. The van der Waals surface area contributed by atoms with Crippen LogP contribution >= 0.6 is 0 Å². The summed E-state index contributed by atoms with van der Waals surface area (Å²) in [5.41, 5.74) is 4.53. The van der Waals surface area contributed by atoms with Crippen LogP contribution < -0.4 is 5.73 Å². The summed E-state index contributed by atoms with van der Waals surface area (Å²) in [6.45, 7) is 1.74. The Kier molecular flexibility index (Phi) is 9.82. The topological polar surface area (TPSA) is 233 Å². The summed E-state index contributed by atoms with van der Waals surface area (Å²) in [5.74, 6) is -0.481. The first-order valence-electron chi connectivity index (χ1n) is 8.27. The van der Waals surface area contributed by atoms with Crippen molar-refractivity contribution in [3.63, 3.8) is 0 Å². The third-order valence-corrected chi connectivity index (χ3v) is 4.18. The van der Waals surface area contributed by atoms with Crippen molar-refractivity contribution in [2.45, 2.75) is 61.4 Å². The summed E-state index contributed by atoms with van der Waals surface area (Å²) in [5, 5.41) is 76.5. The van der Waals surface area contributed by atoms with Crippen molar-refractivity contribution in [3.8, 4) is 0 Å². The van der Waals surface area contributed by atoms with Crippen molar-refractivity contribution in [1.82, 2.24) is 0 Å². The minimum atomic E-state index is -1.74. The van der Waals surface area contributed by atoms with Crippen molar-refractivity contribution in [1.29, 1.82) is 0 Å². The Bertz CT molecular complexity index is 503. The normalized spacial score (nSPS) is 43.6. The molecule has 0 aliphatic carbocycles. The molecule has 10 N–H and O–H groups in total. The van der Waals surface area contributed by atoms with Crippen molar-refractivity contribution in [2.24, 2.45) is 5.73 Å². The molecule has 2 heterocycles. The van der Waals surface area contributed by atoms with Crippen LogP contribution in [0.5, 0.6) is 0 Å².